The highest BCUT2D eigenvalue weighted by Gasteiger charge is 2.31. The highest BCUT2D eigenvalue weighted by atomic mass is 32.2. The Balaban J connectivity index is 2.20. The standard InChI is InChI=1S/C11H20O3S/c1-11(2,14-8-9-4-5-9)10(12)15-7-6-13-3/h9H,4-8H2,1-3H3. The number of methoxy groups -OCH3 is 1. The Morgan fingerprint density at radius 3 is 2.67 bits per heavy atom. The maximum Gasteiger partial charge on any atom is 0.220 e. The number of hydrogen-bond donors (Lipinski definition) is 0. The molecule has 0 aliphatic heterocycles. The molecule has 0 spiro atoms. The average Bonchev–Trinajstić information content (AvgIpc) is 2.98. The minimum atomic E-state index is -0.652. The van der Waals surface area contributed by atoms with Gasteiger partial charge in [-0.3, -0.25) is 4.79 Å². The van der Waals surface area contributed by atoms with Crippen molar-refractivity contribution in [2.24, 2.45) is 5.92 Å². The van der Waals surface area contributed by atoms with Crippen molar-refractivity contribution >= 4 is 16.9 Å². The molecule has 0 saturated heterocycles. The number of carbonyl (C=O) groups excluding carboxylic acids is 1. The second-order valence-electron chi connectivity index (χ2n) is 4.39. The fourth-order valence-electron chi connectivity index (χ4n) is 1.06. The first-order valence-electron chi connectivity index (χ1n) is 5.36. The third-order valence-corrected chi connectivity index (χ3v) is 3.51. The molecule has 1 fully saturated rings. The average molecular weight is 232 g/mol. The van der Waals surface area contributed by atoms with Gasteiger partial charge in [0.2, 0.25) is 5.12 Å². The van der Waals surface area contributed by atoms with E-state index in [1.165, 1.54) is 24.6 Å². The van der Waals surface area contributed by atoms with E-state index in [1.807, 2.05) is 13.8 Å². The van der Waals surface area contributed by atoms with Crippen LogP contribution in [0.15, 0.2) is 0 Å². The first kappa shape index (κ1) is 13.0. The van der Waals surface area contributed by atoms with Gasteiger partial charge in [-0.05, 0) is 32.6 Å². The quantitative estimate of drug-likeness (QED) is 0.630. The highest BCUT2D eigenvalue weighted by Crippen LogP contribution is 2.31. The van der Waals surface area contributed by atoms with Crippen LogP contribution in [0.5, 0.6) is 0 Å². The molecule has 0 aromatic heterocycles. The molecule has 4 heteroatoms. The van der Waals surface area contributed by atoms with Crippen molar-refractivity contribution in [3.8, 4) is 0 Å². The Labute approximate surface area is 95.9 Å². The van der Waals surface area contributed by atoms with Crippen LogP contribution < -0.4 is 0 Å². The molecule has 0 bridgehead atoms. The molecular formula is C11H20O3S. The van der Waals surface area contributed by atoms with Gasteiger partial charge in [-0.1, -0.05) is 11.8 Å². The molecule has 0 amide bonds. The van der Waals surface area contributed by atoms with Gasteiger partial charge in [0.1, 0.15) is 5.60 Å². The molecule has 0 unspecified atom stereocenters. The molecular weight excluding hydrogens is 212 g/mol. The first-order valence-corrected chi connectivity index (χ1v) is 6.35. The van der Waals surface area contributed by atoms with E-state index < -0.39 is 5.60 Å². The van der Waals surface area contributed by atoms with Crippen LogP contribution >= 0.6 is 11.8 Å². The molecule has 1 rings (SSSR count). The Kier molecular flexibility index (Phi) is 5.09. The predicted molar refractivity (Wildman–Crippen MR) is 62.1 cm³/mol. The molecule has 0 N–H and O–H groups in total. The molecule has 0 atom stereocenters. The Morgan fingerprint density at radius 1 is 1.47 bits per heavy atom. The maximum absolute atomic E-state index is 11.8. The van der Waals surface area contributed by atoms with E-state index in [2.05, 4.69) is 0 Å². The lowest BCUT2D eigenvalue weighted by atomic mass is 10.2. The molecule has 0 radical (unpaired) electrons. The molecule has 1 saturated carbocycles. The molecule has 0 heterocycles. The summed E-state index contributed by atoms with van der Waals surface area (Å²) in [5, 5.41) is 0.0974. The second kappa shape index (κ2) is 5.87. The van der Waals surface area contributed by atoms with Crippen LogP contribution in [-0.2, 0) is 14.3 Å². The number of thioether (sulfide) groups is 1. The van der Waals surface area contributed by atoms with Crippen LogP contribution in [0.1, 0.15) is 26.7 Å². The first-order chi connectivity index (χ1) is 7.06. The Bertz CT molecular complexity index is 212. The van der Waals surface area contributed by atoms with Crippen molar-refractivity contribution in [3.05, 3.63) is 0 Å². The highest BCUT2D eigenvalue weighted by molar-refractivity contribution is 8.13. The summed E-state index contributed by atoms with van der Waals surface area (Å²) in [4.78, 5) is 11.8. The number of ether oxygens (including phenoxy) is 2. The summed E-state index contributed by atoms with van der Waals surface area (Å²) < 4.78 is 10.5. The van der Waals surface area contributed by atoms with Gasteiger partial charge in [-0.2, -0.15) is 0 Å². The summed E-state index contributed by atoms with van der Waals surface area (Å²) in [7, 11) is 1.64. The van der Waals surface area contributed by atoms with Crippen LogP contribution in [0.2, 0.25) is 0 Å². The van der Waals surface area contributed by atoms with E-state index in [4.69, 9.17) is 9.47 Å². The van der Waals surface area contributed by atoms with Gasteiger partial charge in [-0.15, -0.1) is 0 Å². The van der Waals surface area contributed by atoms with E-state index in [9.17, 15) is 4.79 Å². The molecule has 1 aliphatic rings. The number of hydrogen-bond acceptors (Lipinski definition) is 4. The van der Waals surface area contributed by atoms with Gasteiger partial charge in [-0.25, -0.2) is 0 Å². The minimum Gasteiger partial charge on any atom is -0.384 e. The third kappa shape index (κ3) is 5.00. The van der Waals surface area contributed by atoms with E-state index >= 15 is 0 Å². The number of rotatable bonds is 7. The van der Waals surface area contributed by atoms with Crippen LogP contribution in [0.3, 0.4) is 0 Å². The lowest BCUT2D eigenvalue weighted by molar-refractivity contribution is -0.131. The van der Waals surface area contributed by atoms with Crippen LogP contribution in [-0.4, -0.2) is 36.8 Å². The van der Waals surface area contributed by atoms with Crippen molar-refractivity contribution in [3.63, 3.8) is 0 Å². The topological polar surface area (TPSA) is 35.5 Å². The van der Waals surface area contributed by atoms with Crippen molar-refractivity contribution < 1.29 is 14.3 Å². The van der Waals surface area contributed by atoms with E-state index in [1.54, 1.807) is 7.11 Å². The molecule has 15 heavy (non-hydrogen) atoms. The molecule has 3 nitrogen and oxygen atoms in total. The smallest absolute Gasteiger partial charge is 0.220 e. The summed E-state index contributed by atoms with van der Waals surface area (Å²) in [6, 6.07) is 0. The monoisotopic (exact) mass is 232 g/mol. The van der Waals surface area contributed by atoms with Crippen LogP contribution in [0.4, 0.5) is 0 Å². The summed E-state index contributed by atoms with van der Waals surface area (Å²) >= 11 is 1.29. The van der Waals surface area contributed by atoms with E-state index in [-0.39, 0.29) is 5.12 Å². The summed E-state index contributed by atoms with van der Waals surface area (Å²) in [5.41, 5.74) is -0.652. The number of carbonyl (C=O) groups is 1. The Morgan fingerprint density at radius 2 is 2.13 bits per heavy atom. The van der Waals surface area contributed by atoms with E-state index in [0.717, 1.165) is 6.61 Å². The van der Waals surface area contributed by atoms with Crippen molar-refractivity contribution in [2.45, 2.75) is 32.3 Å². The van der Waals surface area contributed by atoms with Gasteiger partial charge in [0.25, 0.3) is 0 Å². The lowest BCUT2D eigenvalue weighted by Gasteiger charge is -2.23. The fourth-order valence-corrected chi connectivity index (χ4v) is 1.90. The lowest BCUT2D eigenvalue weighted by Crippen LogP contribution is -2.34. The van der Waals surface area contributed by atoms with Gasteiger partial charge in [0.05, 0.1) is 13.2 Å². The summed E-state index contributed by atoms with van der Waals surface area (Å²) in [6.45, 7) is 5.02. The van der Waals surface area contributed by atoms with Gasteiger partial charge in [0, 0.05) is 12.9 Å². The van der Waals surface area contributed by atoms with Crippen molar-refractivity contribution in [1.29, 1.82) is 0 Å². The Hall–Kier alpha value is -0.0600. The van der Waals surface area contributed by atoms with Crippen molar-refractivity contribution in [1.82, 2.24) is 0 Å². The van der Waals surface area contributed by atoms with Crippen LogP contribution in [0, 0.1) is 5.92 Å². The zero-order chi connectivity index (χ0) is 11.3. The van der Waals surface area contributed by atoms with Crippen LogP contribution in [0.25, 0.3) is 0 Å². The fraction of sp³-hybridized carbons (Fsp3) is 0.909. The SMILES string of the molecule is COCCSC(=O)C(C)(C)OCC1CC1. The summed E-state index contributed by atoms with van der Waals surface area (Å²) in [5.74, 6) is 1.40. The summed E-state index contributed by atoms with van der Waals surface area (Å²) in [6.07, 6.45) is 2.50. The predicted octanol–water partition coefficient (Wildman–Crippen LogP) is 2.10. The normalized spacial score (nSPS) is 16.7. The molecule has 0 aromatic carbocycles. The van der Waals surface area contributed by atoms with Crippen molar-refractivity contribution in [2.75, 3.05) is 26.1 Å². The zero-order valence-corrected chi connectivity index (χ0v) is 10.6. The van der Waals surface area contributed by atoms with Gasteiger partial charge in [0.15, 0.2) is 0 Å². The van der Waals surface area contributed by atoms with Gasteiger partial charge >= 0.3 is 0 Å². The second-order valence-corrected chi connectivity index (χ2v) is 5.46. The largest absolute Gasteiger partial charge is 0.384 e. The molecule has 0 aromatic rings. The maximum atomic E-state index is 11.8. The molecule has 88 valence electrons. The molecule has 1 aliphatic carbocycles. The van der Waals surface area contributed by atoms with E-state index in [0.29, 0.717) is 18.3 Å². The minimum absolute atomic E-state index is 0.0974. The van der Waals surface area contributed by atoms with Gasteiger partial charge < -0.3 is 9.47 Å². The zero-order valence-electron chi connectivity index (χ0n) is 9.75. The third-order valence-electron chi connectivity index (χ3n) is 2.39.